The number of alkyl carbamates (subject to hydrolysis) is 1. The van der Waals surface area contributed by atoms with Crippen LogP contribution in [0.4, 0.5) is 4.79 Å². The van der Waals surface area contributed by atoms with E-state index in [0.29, 0.717) is 6.41 Å². The number of carboxylic acid groups (broad SMARTS) is 1. The smallest absolute Gasteiger partial charge is 0.407 e. The molecule has 98 valence electrons. The van der Waals surface area contributed by atoms with Crippen LogP contribution in [0.2, 0.25) is 0 Å². The van der Waals surface area contributed by atoms with Gasteiger partial charge in [-0.3, -0.25) is 9.59 Å². The van der Waals surface area contributed by atoms with Crippen molar-refractivity contribution in [2.45, 2.75) is 38.8 Å². The summed E-state index contributed by atoms with van der Waals surface area (Å²) in [5, 5.41) is 13.2. The van der Waals surface area contributed by atoms with Crippen LogP contribution in [0, 0.1) is 0 Å². The predicted octanol–water partition coefficient (Wildman–Crippen LogP) is 0.100. The molecule has 0 aliphatic carbocycles. The zero-order valence-electron chi connectivity index (χ0n) is 10.1. The van der Waals surface area contributed by atoms with Gasteiger partial charge in [0.2, 0.25) is 6.41 Å². The first kappa shape index (κ1) is 15.2. The van der Waals surface area contributed by atoms with Crippen LogP contribution in [-0.2, 0) is 14.3 Å². The van der Waals surface area contributed by atoms with E-state index in [4.69, 9.17) is 9.84 Å². The fourth-order valence-corrected chi connectivity index (χ4v) is 1.02. The van der Waals surface area contributed by atoms with Crippen LogP contribution in [0.15, 0.2) is 0 Å². The van der Waals surface area contributed by atoms with Gasteiger partial charge in [-0.2, -0.15) is 0 Å². The number of rotatable bonds is 6. The number of ether oxygens (including phenoxy) is 1. The lowest BCUT2D eigenvalue weighted by atomic mass is 10.2. The highest BCUT2D eigenvalue weighted by molar-refractivity contribution is 5.69. The Balaban J connectivity index is 4.07. The summed E-state index contributed by atoms with van der Waals surface area (Å²) < 4.78 is 4.96. The molecule has 1 atom stereocenters. The summed E-state index contributed by atoms with van der Waals surface area (Å²) in [6.07, 6.45) is -0.528. The minimum absolute atomic E-state index is 0.0000463. The summed E-state index contributed by atoms with van der Waals surface area (Å²) in [6.45, 7) is 5.14. The number of carbonyl (C=O) groups excluding carboxylic acids is 2. The lowest BCUT2D eigenvalue weighted by Gasteiger charge is -2.21. The molecule has 0 aliphatic heterocycles. The molecule has 0 radical (unpaired) electrons. The van der Waals surface area contributed by atoms with Crippen molar-refractivity contribution >= 4 is 18.5 Å². The van der Waals surface area contributed by atoms with Crippen molar-refractivity contribution in [3.63, 3.8) is 0 Å². The lowest BCUT2D eigenvalue weighted by Crippen LogP contribution is -2.43. The second-order valence-corrected chi connectivity index (χ2v) is 4.46. The zero-order chi connectivity index (χ0) is 13.5. The van der Waals surface area contributed by atoms with Gasteiger partial charge in [0.05, 0.1) is 12.5 Å². The van der Waals surface area contributed by atoms with Gasteiger partial charge < -0.3 is 20.5 Å². The molecule has 0 saturated carbocycles. The Hall–Kier alpha value is -1.79. The molecule has 1 unspecified atom stereocenters. The average Bonchev–Trinajstić information content (AvgIpc) is 2.11. The molecule has 0 fully saturated rings. The van der Waals surface area contributed by atoms with Crippen LogP contribution in [-0.4, -0.2) is 41.8 Å². The van der Waals surface area contributed by atoms with Gasteiger partial charge in [0, 0.05) is 6.54 Å². The van der Waals surface area contributed by atoms with E-state index in [2.05, 4.69) is 10.6 Å². The minimum Gasteiger partial charge on any atom is -0.481 e. The highest BCUT2D eigenvalue weighted by Crippen LogP contribution is 2.06. The maximum atomic E-state index is 11.3. The van der Waals surface area contributed by atoms with Crippen molar-refractivity contribution < 1.29 is 24.2 Å². The number of aliphatic carboxylic acids is 1. The monoisotopic (exact) mass is 246 g/mol. The second-order valence-electron chi connectivity index (χ2n) is 4.46. The van der Waals surface area contributed by atoms with Crippen LogP contribution in [0.5, 0.6) is 0 Å². The minimum atomic E-state index is -1.06. The first-order valence-electron chi connectivity index (χ1n) is 5.13. The fourth-order valence-electron chi connectivity index (χ4n) is 1.02. The quantitative estimate of drug-likeness (QED) is 0.576. The Kier molecular flexibility index (Phi) is 6.01. The van der Waals surface area contributed by atoms with Crippen molar-refractivity contribution in [3.8, 4) is 0 Å². The lowest BCUT2D eigenvalue weighted by molar-refractivity contribution is -0.137. The highest BCUT2D eigenvalue weighted by Gasteiger charge is 2.18. The Morgan fingerprint density at radius 1 is 1.41 bits per heavy atom. The molecule has 0 heterocycles. The molecule has 0 aromatic carbocycles. The van der Waals surface area contributed by atoms with E-state index in [1.807, 2.05) is 0 Å². The normalized spacial score (nSPS) is 12.4. The van der Waals surface area contributed by atoms with E-state index in [1.165, 1.54) is 0 Å². The average molecular weight is 246 g/mol. The first-order chi connectivity index (χ1) is 7.74. The van der Waals surface area contributed by atoms with E-state index >= 15 is 0 Å². The Bertz CT molecular complexity index is 285. The summed E-state index contributed by atoms with van der Waals surface area (Å²) in [5.41, 5.74) is -0.621. The van der Waals surface area contributed by atoms with Gasteiger partial charge >= 0.3 is 12.1 Å². The molecule has 3 N–H and O–H groups in total. The van der Waals surface area contributed by atoms with Gasteiger partial charge in [-0.1, -0.05) is 0 Å². The maximum Gasteiger partial charge on any atom is 0.407 e. The molecule has 0 saturated heterocycles. The molecule has 0 spiro atoms. The maximum absolute atomic E-state index is 11.3. The largest absolute Gasteiger partial charge is 0.481 e. The van der Waals surface area contributed by atoms with E-state index in [9.17, 15) is 14.4 Å². The van der Waals surface area contributed by atoms with Gasteiger partial charge in [0.15, 0.2) is 0 Å². The van der Waals surface area contributed by atoms with Crippen LogP contribution in [0.25, 0.3) is 0 Å². The van der Waals surface area contributed by atoms with Gasteiger partial charge in [-0.25, -0.2) is 4.79 Å². The molecule has 0 aromatic heterocycles. The summed E-state index contributed by atoms with van der Waals surface area (Å²) in [6, 6.07) is -0.655. The summed E-state index contributed by atoms with van der Waals surface area (Å²) in [7, 11) is 0. The molecule has 7 heteroatoms. The van der Waals surface area contributed by atoms with Crippen molar-refractivity contribution in [1.29, 1.82) is 0 Å². The zero-order valence-corrected chi connectivity index (χ0v) is 10.1. The summed E-state index contributed by atoms with van der Waals surface area (Å²) in [4.78, 5) is 31.9. The van der Waals surface area contributed by atoms with E-state index in [1.54, 1.807) is 20.8 Å². The number of hydrogen-bond donors (Lipinski definition) is 3. The number of carbonyl (C=O) groups is 3. The van der Waals surface area contributed by atoms with Gasteiger partial charge in [0.25, 0.3) is 0 Å². The molecule has 7 nitrogen and oxygen atoms in total. The second kappa shape index (κ2) is 6.72. The fraction of sp³-hybridized carbons (Fsp3) is 0.700. The van der Waals surface area contributed by atoms with Gasteiger partial charge in [-0.05, 0) is 20.8 Å². The standard InChI is InChI=1S/C10H18N2O5/c1-10(2,3)17-9(16)11-5-7(12-6-13)4-8(14)15/h6-7H,4-5H2,1-3H3,(H,11,16)(H,12,13)(H,14,15). The van der Waals surface area contributed by atoms with Crippen LogP contribution >= 0.6 is 0 Å². The molecular weight excluding hydrogens is 228 g/mol. The topological polar surface area (TPSA) is 105 Å². The highest BCUT2D eigenvalue weighted by atomic mass is 16.6. The number of nitrogens with one attached hydrogen (secondary N) is 2. The molecule has 0 bridgehead atoms. The van der Waals surface area contributed by atoms with Crippen molar-refractivity contribution in [2.75, 3.05) is 6.54 Å². The van der Waals surface area contributed by atoms with E-state index in [0.717, 1.165) is 0 Å². The van der Waals surface area contributed by atoms with E-state index in [-0.39, 0.29) is 13.0 Å². The van der Waals surface area contributed by atoms with Gasteiger partial charge in [-0.15, -0.1) is 0 Å². The third kappa shape index (κ3) is 9.16. The summed E-state index contributed by atoms with van der Waals surface area (Å²) >= 11 is 0. The third-order valence-electron chi connectivity index (χ3n) is 1.62. The van der Waals surface area contributed by atoms with Crippen molar-refractivity contribution in [1.82, 2.24) is 10.6 Å². The van der Waals surface area contributed by atoms with Crippen LogP contribution in [0.1, 0.15) is 27.2 Å². The Morgan fingerprint density at radius 3 is 2.41 bits per heavy atom. The third-order valence-corrected chi connectivity index (χ3v) is 1.62. The number of amides is 2. The Labute approximate surface area is 99.5 Å². The van der Waals surface area contributed by atoms with Crippen LogP contribution in [0.3, 0.4) is 0 Å². The van der Waals surface area contributed by atoms with Gasteiger partial charge in [0.1, 0.15) is 5.60 Å². The number of carboxylic acids is 1. The predicted molar refractivity (Wildman–Crippen MR) is 59.5 cm³/mol. The van der Waals surface area contributed by atoms with Crippen molar-refractivity contribution in [2.24, 2.45) is 0 Å². The molecule has 17 heavy (non-hydrogen) atoms. The SMILES string of the molecule is CC(C)(C)OC(=O)NCC(CC(=O)O)NC=O. The van der Waals surface area contributed by atoms with Crippen LogP contribution < -0.4 is 10.6 Å². The Morgan fingerprint density at radius 2 is 2.00 bits per heavy atom. The molecule has 0 aliphatic rings. The summed E-state index contributed by atoms with van der Waals surface area (Å²) in [5.74, 6) is -1.06. The molecule has 0 aromatic rings. The molecule has 2 amide bonds. The molecule has 0 rings (SSSR count). The molecular formula is C10H18N2O5. The van der Waals surface area contributed by atoms with Crippen molar-refractivity contribution in [3.05, 3.63) is 0 Å². The first-order valence-corrected chi connectivity index (χ1v) is 5.13. The number of hydrogen-bond acceptors (Lipinski definition) is 4. The van der Waals surface area contributed by atoms with E-state index < -0.39 is 23.7 Å².